The summed E-state index contributed by atoms with van der Waals surface area (Å²) in [5.74, 6) is -0.850. The van der Waals surface area contributed by atoms with Crippen LogP contribution >= 0.6 is 0 Å². The highest BCUT2D eigenvalue weighted by molar-refractivity contribution is 5.98. The van der Waals surface area contributed by atoms with E-state index in [0.29, 0.717) is 42.3 Å². The number of carboxylic acids is 1. The van der Waals surface area contributed by atoms with Crippen molar-refractivity contribution < 1.29 is 19.8 Å². The fourth-order valence-electron chi connectivity index (χ4n) is 3.11. The monoisotopic (exact) mass is 400 g/mol. The van der Waals surface area contributed by atoms with Crippen LogP contribution in [-0.4, -0.2) is 44.6 Å². The van der Waals surface area contributed by atoms with Crippen LogP contribution in [0.4, 0.5) is 5.95 Å². The van der Waals surface area contributed by atoms with E-state index < -0.39 is 17.9 Å². The molecule has 2 rings (SSSR count). The first-order valence-corrected chi connectivity index (χ1v) is 9.72. The second kappa shape index (κ2) is 10.4. The summed E-state index contributed by atoms with van der Waals surface area (Å²) in [6, 6.07) is 6.22. The number of benzene rings is 1. The molecule has 8 heteroatoms. The third-order valence-corrected chi connectivity index (χ3v) is 4.51. The third-order valence-electron chi connectivity index (χ3n) is 4.51. The normalized spacial score (nSPS) is 11.7. The summed E-state index contributed by atoms with van der Waals surface area (Å²) < 4.78 is 0. The van der Waals surface area contributed by atoms with Gasteiger partial charge in [0.15, 0.2) is 0 Å². The van der Waals surface area contributed by atoms with Gasteiger partial charge in [-0.15, -0.1) is 0 Å². The smallest absolute Gasteiger partial charge is 0.326 e. The summed E-state index contributed by atoms with van der Waals surface area (Å²) in [7, 11) is 0. The average Bonchev–Trinajstić information content (AvgIpc) is 2.64. The quantitative estimate of drug-likeness (QED) is 0.452. The number of nitrogens with one attached hydrogen (secondary N) is 2. The van der Waals surface area contributed by atoms with Gasteiger partial charge in [-0.2, -0.15) is 0 Å². The van der Waals surface area contributed by atoms with Crippen molar-refractivity contribution >= 4 is 17.8 Å². The molecule has 2 aromatic rings. The van der Waals surface area contributed by atoms with Crippen LogP contribution in [0.25, 0.3) is 0 Å². The van der Waals surface area contributed by atoms with Gasteiger partial charge in [-0.3, -0.25) is 4.79 Å². The lowest BCUT2D eigenvalue weighted by Crippen LogP contribution is -2.41. The number of carbonyl (C=O) groups is 2. The van der Waals surface area contributed by atoms with Gasteiger partial charge in [-0.25, -0.2) is 14.8 Å². The Morgan fingerprint density at radius 2 is 1.86 bits per heavy atom. The number of aromatic hydroxyl groups is 1. The topological polar surface area (TPSA) is 124 Å². The zero-order valence-electron chi connectivity index (χ0n) is 17.0. The molecule has 0 unspecified atom stereocenters. The van der Waals surface area contributed by atoms with Gasteiger partial charge >= 0.3 is 5.97 Å². The Kier molecular flexibility index (Phi) is 7.94. The molecule has 1 aromatic carbocycles. The molecule has 8 nitrogen and oxygen atoms in total. The maximum absolute atomic E-state index is 12.5. The van der Waals surface area contributed by atoms with Gasteiger partial charge in [0.05, 0.1) is 17.0 Å². The molecule has 156 valence electrons. The van der Waals surface area contributed by atoms with Crippen molar-refractivity contribution in [3.8, 4) is 5.75 Å². The van der Waals surface area contributed by atoms with Crippen molar-refractivity contribution in [3.05, 3.63) is 46.8 Å². The van der Waals surface area contributed by atoms with Crippen molar-refractivity contribution in [1.82, 2.24) is 15.3 Å². The van der Waals surface area contributed by atoms with Gasteiger partial charge in [-0.05, 0) is 50.8 Å². The van der Waals surface area contributed by atoms with Gasteiger partial charge in [0.2, 0.25) is 5.95 Å². The second-order valence-electron chi connectivity index (χ2n) is 6.95. The molecule has 0 aliphatic carbocycles. The SMILES string of the molecule is CCC[C@H](NC(=O)c1c(C)nc(NCCCc2cccc(O)c2)nc1C)C(=O)O. The summed E-state index contributed by atoms with van der Waals surface area (Å²) in [5.41, 5.74) is 2.34. The molecule has 0 fully saturated rings. The Morgan fingerprint density at radius 3 is 2.45 bits per heavy atom. The van der Waals surface area contributed by atoms with E-state index in [1.165, 1.54) is 0 Å². The van der Waals surface area contributed by atoms with Crippen molar-refractivity contribution in [3.63, 3.8) is 0 Å². The van der Waals surface area contributed by atoms with E-state index in [1.54, 1.807) is 26.0 Å². The number of aryl methyl sites for hydroxylation is 3. The number of aliphatic carboxylic acids is 1. The van der Waals surface area contributed by atoms with Crippen molar-refractivity contribution in [1.29, 1.82) is 0 Å². The average molecular weight is 400 g/mol. The van der Waals surface area contributed by atoms with Gasteiger partial charge in [-0.1, -0.05) is 25.5 Å². The summed E-state index contributed by atoms with van der Waals surface area (Å²) in [4.78, 5) is 32.5. The summed E-state index contributed by atoms with van der Waals surface area (Å²) in [5, 5.41) is 24.4. The number of phenolic OH excluding ortho intramolecular Hbond substituents is 1. The van der Waals surface area contributed by atoms with Crippen LogP contribution in [0.2, 0.25) is 0 Å². The Bertz CT molecular complexity index is 847. The molecular formula is C21H28N4O4. The highest BCUT2D eigenvalue weighted by Gasteiger charge is 2.23. The number of hydrogen-bond donors (Lipinski definition) is 4. The maximum Gasteiger partial charge on any atom is 0.326 e. The van der Waals surface area contributed by atoms with Crippen molar-refractivity contribution in [2.45, 2.75) is 52.5 Å². The summed E-state index contributed by atoms with van der Waals surface area (Å²) >= 11 is 0. The van der Waals surface area contributed by atoms with Crippen LogP contribution < -0.4 is 10.6 Å². The van der Waals surface area contributed by atoms with Gasteiger partial charge in [0.1, 0.15) is 11.8 Å². The number of carboxylic acid groups (broad SMARTS) is 1. The lowest BCUT2D eigenvalue weighted by atomic mass is 10.1. The summed E-state index contributed by atoms with van der Waals surface area (Å²) in [6.07, 6.45) is 2.63. The van der Waals surface area contributed by atoms with Crippen LogP contribution in [0.5, 0.6) is 5.75 Å². The van der Waals surface area contributed by atoms with E-state index >= 15 is 0 Å². The first kappa shape index (κ1) is 22.1. The molecule has 1 aromatic heterocycles. The molecular weight excluding hydrogens is 372 g/mol. The molecule has 1 heterocycles. The first-order valence-electron chi connectivity index (χ1n) is 9.72. The highest BCUT2D eigenvalue weighted by Crippen LogP contribution is 2.15. The predicted molar refractivity (Wildman–Crippen MR) is 110 cm³/mol. The molecule has 29 heavy (non-hydrogen) atoms. The zero-order valence-corrected chi connectivity index (χ0v) is 17.0. The van der Waals surface area contributed by atoms with E-state index in [4.69, 9.17) is 0 Å². The number of carbonyl (C=O) groups excluding carboxylic acids is 1. The Morgan fingerprint density at radius 1 is 1.17 bits per heavy atom. The Balaban J connectivity index is 1.97. The molecule has 0 saturated carbocycles. The molecule has 0 bridgehead atoms. The van der Waals surface area contributed by atoms with Crippen LogP contribution in [-0.2, 0) is 11.2 Å². The van der Waals surface area contributed by atoms with Gasteiger partial charge in [0, 0.05) is 6.54 Å². The second-order valence-corrected chi connectivity index (χ2v) is 6.95. The van der Waals surface area contributed by atoms with E-state index in [2.05, 4.69) is 20.6 Å². The number of phenols is 1. The van der Waals surface area contributed by atoms with E-state index in [1.807, 2.05) is 19.1 Å². The standard InChI is InChI=1S/C21H28N4O4/c1-4-7-17(20(28)29)25-19(27)18-13(2)23-21(24-14(18)3)22-11-6-9-15-8-5-10-16(26)12-15/h5,8,10,12,17,26H,4,6-7,9,11H2,1-3H3,(H,25,27)(H,28,29)(H,22,23,24)/t17-/m0/s1. The molecule has 4 N–H and O–H groups in total. The van der Waals surface area contributed by atoms with Crippen LogP contribution in [0, 0.1) is 13.8 Å². The number of anilines is 1. The molecule has 0 radical (unpaired) electrons. The van der Waals surface area contributed by atoms with Crippen molar-refractivity contribution in [2.75, 3.05) is 11.9 Å². The number of amides is 1. The van der Waals surface area contributed by atoms with Crippen LogP contribution in [0.1, 0.15) is 53.5 Å². The lowest BCUT2D eigenvalue weighted by molar-refractivity contribution is -0.139. The van der Waals surface area contributed by atoms with Gasteiger partial charge < -0.3 is 20.8 Å². The van der Waals surface area contributed by atoms with Crippen LogP contribution in [0.3, 0.4) is 0 Å². The Hall–Kier alpha value is -3.16. The molecule has 0 aliphatic heterocycles. The minimum atomic E-state index is -1.05. The minimum absolute atomic E-state index is 0.253. The highest BCUT2D eigenvalue weighted by atomic mass is 16.4. The van der Waals surface area contributed by atoms with E-state index in [-0.39, 0.29) is 5.75 Å². The first-order chi connectivity index (χ1) is 13.8. The molecule has 1 amide bonds. The number of aromatic nitrogens is 2. The van der Waals surface area contributed by atoms with E-state index in [0.717, 1.165) is 18.4 Å². The maximum atomic E-state index is 12.5. The molecule has 0 aliphatic rings. The van der Waals surface area contributed by atoms with E-state index in [9.17, 15) is 19.8 Å². The Labute approximate surface area is 170 Å². The predicted octanol–water partition coefficient (Wildman–Crippen LogP) is 2.83. The number of nitrogens with zero attached hydrogens (tertiary/aromatic N) is 2. The lowest BCUT2D eigenvalue weighted by Gasteiger charge is -2.16. The number of hydrogen-bond acceptors (Lipinski definition) is 6. The third kappa shape index (κ3) is 6.44. The van der Waals surface area contributed by atoms with Crippen LogP contribution in [0.15, 0.2) is 24.3 Å². The number of rotatable bonds is 10. The largest absolute Gasteiger partial charge is 0.508 e. The zero-order chi connectivity index (χ0) is 21.4. The fourth-order valence-corrected chi connectivity index (χ4v) is 3.11. The molecule has 1 atom stereocenters. The molecule has 0 spiro atoms. The van der Waals surface area contributed by atoms with Crippen molar-refractivity contribution in [2.24, 2.45) is 0 Å². The summed E-state index contributed by atoms with van der Waals surface area (Å²) in [6.45, 7) is 5.91. The molecule has 0 saturated heterocycles. The fraction of sp³-hybridized carbons (Fsp3) is 0.429. The van der Waals surface area contributed by atoms with Gasteiger partial charge in [0.25, 0.3) is 5.91 Å². The minimum Gasteiger partial charge on any atom is -0.508 e.